The molecule has 1 N–H and O–H groups in total. The molecule has 2 aromatic rings. The number of hydrogen-bond acceptors (Lipinski definition) is 4. The summed E-state index contributed by atoms with van der Waals surface area (Å²) in [5, 5.41) is 4.51. The zero-order valence-electron chi connectivity index (χ0n) is 14.4. The van der Waals surface area contributed by atoms with Gasteiger partial charge in [0.1, 0.15) is 6.04 Å². The van der Waals surface area contributed by atoms with Gasteiger partial charge in [-0.05, 0) is 23.8 Å². The Labute approximate surface area is 143 Å². The van der Waals surface area contributed by atoms with Crippen molar-refractivity contribution < 1.29 is 18.6 Å². The van der Waals surface area contributed by atoms with Crippen LogP contribution in [0.15, 0.2) is 42.5 Å². The van der Waals surface area contributed by atoms with Crippen molar-refractivity contribution in [2.75, 3.05) is 6.61 Å². The molecule has 0 fully saturated rings. The molecule has 1 unspecified atom stereocenters. The van der Waals surface area contributed by atoms with Crippen molar-refractivity contribution in [2.24, 2.45) is 5.41 Å². The molecule has 0 aliphatic carbocycles. The van der Waals surface area contributed by atoms with E-state index in [2.05, 4.69) is 5.09 Å². The average Bonchev–Trinajstić information content (AvgIpc) is 2.52. The number of esters is 1. The lowest BCUT2D eigenvalue weighted by Crippen LogP contribution is -2.33. The van der Waals surface area contributed by atoms with Crippen molar-refractivity contribution in [1.82, 2.24) is 5.09 Å². The summed E-state index contributed by atoms with van der Waals surface area (Å²) in [6.07, 6.45) is 0. The third kappa shape index (κ3) is 5.29. The molecule has 0 heterocycles. The molecule has 2 rings (SSSR count). The first kappa shape index (κ1) is 18.4. The third-order valence-electron chi connectivity index (χ3n) is 3.23. The van der Waals surface area contributed by atoms with E-state index >= 15 is 0 Å². The van der Waals surface area contributed by atoms with Gasteiger partial charge in [0, 0.05) is 9.95 Å². The van der Waals surface area contributed by atoms with Gasteiger partial charge in [-0.2, -0.15) is 0 Å². The normalized spacial score (nSPS) is 13.4. The first-order valence-electron chi connectivity index (χ1n) is 7.82. The summed E-state index contributed by atoms with van der Waals surface area (Å²) >= 11 is 0. The fourth-order valence-electron chi connectivity index (χ4n) is 2.01. The fourth-order valence-corrected chi connectivity index (χ4v) is 2.83. The number of ether oxygens (including phenoxy) is 1. The largest absolute Gasteiger partial charge is 0.664 e. The molecule has 0 amide bonds. The highest BCUT2D eigenvalue weighted by atomic mass is 31.1. The second kappa shape index (κ2) is 7.73. The van der Waals surface area contributed by atoms with Crippen LogP contribution in [-0.4, -0.2) is 18.6 Å². The zero-order chi connectivity index (χ0) is 17.7. The molecule has 128 valence electrons. The van der Waals surface area contributed by atoms with Crippen LogP contribution in [0.25, 0.3) is 10.8 Å². The average molecular weight is 348 g/mol. The van der Waals surface area contributed by atoms with E-state index in [4.69, 9.17) is 9.26 Å². The maximum atomic E-state index is 12.2. The maximum Gasteiger partial charge on any atom is 0.664 e. The van der Waals surface area contributed by atoms with E-state index < -0.39 is 20.2 Å². The van der Waals surface area contributed by atoms with Crippen LogP contribution in [0, 0.1) is 5.41 Å². The molecule has 5 nitrogen and oxygen atoms in total. The van der Waals surface area contributed by atoms with Crippen LogP contribution in [0.2, 0.25) is 0 Å². The van der Waals surface area contributed by atoms with E-state index in [0.717, 1.165) is 10.8 Å². The van der Waals surface area contributed by atoms with Crippen LogP contribution in [0.1, 0.15) is 27.7 Å². The van der Waals surface area contributed by atoms with Gasteiger partial charge in [0.2, 0.25) is 0 Å². The number of hydrogen-bond donors (Lipinski definition) is 1. The van der Waals surface area contributed by atoms with Gasteiger partial charge in [-0.25, -0.2) is 4.52 Å². The van der Waals surface area contributed by atoms with Gasteiger partial charge in [-0.3, -0.25) is 4.79 Å². The Morgan fingerprint density at radius 2 is 1.83 bits per heavy atom. The smallest absolute Gasteiger partial charge is 0.464 e. The minimum atomic E-state index is -2.24. The predicted octanol–water partition coefficient (Wildman–Crippen LogP) is 4.44. The first-order chi connectivity index (χ1) is 11.3. The van der Waals surface area contributed by atoms with Gasteiger partial charge in [-0.1, -0.05) is 62.3 Å². The molecule has 0 bridgehead atoms. The topological polar surface area (TPSA) is 64.6 Å². The summed E-state index contributed by atoms with van der Waals surface area (Å²) < 4.78 is 22.9. The number of rotatable bonds is 6. The highest BCUT2D eigenvalue weighted by Gasteiger charge is 2.29. The quantitative estimate of drug-likeness (QED) is 0.617. The molecule has 0 aromatic heterocycles. The lowest BCUT2D eigenvalue weighted by Gasteiger charge is -2.18. The molecule has 0 saturated heterocycles. The predicted molar refractivity (Wildman–Crippen MR) is 95.2 cm³/mol. The molecular formula is C18H23NO4P+. The standard InChI is InChI=1S/C18H23NO4P/c1-13(17(20)22-12-18(2,3)4)19-24(21)23-16-11-7-9-14-8-5-6-10-15(14)16/h5-11,13H,12H2,1-4H3,(H,19,21)/q+1/t13-/m0/s1. The molecule has 2 atom stereocenters. The summed E-state index contributed by atoms with van der Waals surface area (Å²) in [7, 11) is -2.24. The number of fused-ring (bicyclic) bond motifs is 1. The molecule has 0 saturated carbocycles. The summed E-state index contributed by atoms with van der Waals surface area (Å²) in [5.41, 5.74) is -0.114. The highest BCUT2D eigenvalue weighted by molar-refractivity contribution is 7.37. The maximum absolute atomic E-state index is 12.2. The molecule has 0 radical (unpaired) electrons. The van der Waals surface area contributed by atoms with Crippen LogP contribution in [0.4, 0.5) is 0 Å². The van der Waals surface area contributed by atoms with Crippen molar-refractivity contribution in [3.8, 4) is 5.75 Å². The Balaban J connectivity index is 1.96. The monoisotopic (exact) mass is 348 g/mol. The van der Waals surface area contributed by atoms with Crippen molar-refractivity contribution in [2.45, 2.75) is 33.7 Å². The number of carbonyl (C=O) groups excluding carboxylic acids is 1. The number of carbonyl (C=O) groups is 1. The van der Waals surface area contributed by atoms with Crippen molar-refractivity contribution in [3.05, 3.63) is 42.5 Å². The van der Waals surface area contributed by atoms with Crippen LogP contribution in [-0.2, 0) is 14.1 Å². The van der Waals surface area contributed by atoms with Crippen LogP contribution in [0.5, 0.6) is 5.75 Å². The Morgan fingerprint density at radius 1 is 1.17 bits per heavy atom. The van der Waals surface area contributed by atoms with Gasteiger partial charge >= 0.3 is 14.1 Å². The fraction of sp³-hybridized carbons (Fsp3) is 0.389. The van der Waals surface area contributed by atoms with Gasteiger partial charge in [-0.15, -0.1) is 0 Å². The van der Waals surface area contributed by atoms with Crippen LogP contribution < -0.4 is 9.61 Å². The molecule has 0 spiro atoms. The Hall–Kier alpha value is -1.97. The van der Waals surface area contributed by atoms with E-state index in [1.54, 1.807) is 13.0 Å². The number of benzene rings is 2. The van der Waals surface area contributed by atoms with Gasteiger partial charge in [0.25, 0.3) is 0 Å². The molecule has 24 heavy (non-hydrogen) atoms. The molecule has 6 heteroatoms. The van der Waals surface area contributed by atoms with E-state index in [1.807, 2.05) is 57.2 Å². The van der Waals surface area contributed by atoms with E-state index in [0.29, 0.717) is 12.4 Å². The summed E-state index contributed by atoms with van der Waals surface area (Å²) in [5.74, 6) is 0.0618. The minimum absolute atomic E-state index is 0.114. The molecule has 0 aliphatic rings. The van der Waals surface area contributed by atoms with Gasteiger partial charge < -0.3 is 4.74 Å². The molecule has 0 aliphatic heterocycles. The Kier molecular flexibility index (Phi) is 5.92. The minimum Gasteiger partial charge on any atom is -0.464 e. The van der Waals surface area contributed by atoms with E-state index in [-0.39, 0.29) is 5.41 Å². The van der Waals surface area contributed by atoms with Crippen molar-refractivity contribution in [1.29, 1.82) is 0 Å². The number of nitrogens with one attached hydrogen (secondary N) is 1. The second-order valence-corrected chi connectivity index (χ2v) is 7.80. The summed E-state index contributed by atoms with van der Waals surface area (Å²) in [6.45, 7) is 7.83. The molecular weight excluding hydrogens is 325 g/mol. The Morgan fingerprint density at radius 3 is 2.54 bits per heavy atom. The van der Waals surface area contributed by atoms with Crippen molar-refractivity contribution >= 4 is 24.9 Å². The summed E-state index contributed by atoms with van der Waals surface area (Å²) in [4.78, 5) is 11.9. The SMILES string of the molecule is C[C@H](N[P+](=O)Oc1cccc2ccccc12)C(=O)OCC(C)(C)C. The first-order valence-corrected chi connectivity index (χ1v) is 9.00. The third-order valence-corrected chi connectivity index (χ3v) is 4.19. The van der Waals surface area contributed by atoms with Crippen LogP contribution in [0.3, 0.4) is 0 Å². The van der Waals surface area contributed by atoms with Gasteiger partial charge in [0.15, 0.2) is 5.75 Å². The second-order valence-electron chi connectivity index (χ2n) is 6.84. The summed E-state index contributed by atoms with van der Waals surface area (Å²) in [6, 6.07) is 12.5. The Bertz CT molecular complexity index is 734. The van der Waals surface area contributed by atoms with Gasteiger partial charge in [0.05, 0.1) is 6.61 Å². The lowest BCUT2D eigenvalue weighted by atomic mass is 9.99. The van der Waals surface area contributed by atoms with Crippen LogP contribution >= 0.6 is 8.18 Å². The van der Waals surface area contributed by atoms with Crippen molar-refractivity contribution in [3.63, 3.8) is 0 Å². The lowest BCUT2D eigenvalue weighted by molar-refractivity contribution is -0.147. The zero-order valence-corrected chi connectivity index (χ0v) is 15.3. The van der Waals surface area contributed by atoms with E-state index in [9.17, 15) is 9.36 Å². The molecule has 2 aromatic carbocycles. The van der Waals surface area contributed by atoms with E-state index in [1.165, 1.54) is 0 Å². The highest BCUT2D eigenvalue weighted by Crippen LogP contribution is 2.31.